The van der Waals surface area contributed by atoms with E-state index in [0.29, 0.717) is 17.1 Å². The maximum absolute atomic E-state index is 12.4. The van der Waals surface area contributed by atoms with E-state index in [9.17, 15) is 9.59 Å². The molecule has 2 aromatic carbocycles. The minimum atomic E-state index is -0.427. The fourth-order valence-electron chi connectivity index (χ4n) is 2.94. The summed E-state index contributed by atoms with van der Waals surface area (Å²) in [5.74, 6) is 0.810. The smallest absolute Gasteiger partial charge is 0.273 e. The van der Waals surface area contributed by atoms with Gasteiger partial charge in [0.25, 0.3) is 5.91 Å². The highest BCUT2D eigenvalue weighted by Crippen LogP contribution is 2.25. The number of fused-ring (bicyclic) bond motifs is 1. The van der Waals surface area contributed by atoms with E-state index in [-0.39, 0.29) is 5.91 Å². The van der Waals surface area contributed by atoms with Gasteiger partial charge in [-0.25, -0.2) is 0 Å². The van der Waals surface area contributed by atoms with Crippen LogP contribution in [0.3, 0.4) is 0 Å². The molecule has 0 radical (unpaired) electrons. The normalized spacial score (nSPS) is 11.9. The average Bonchev–Trinajstić information content (AvgIpc) is 3.02. The molecule has 1 unspecified atom stereocenters. The first kappa shape index (κ1) is 18.5. The number of methoxy groups -OCH3 is 1. The van der Waals surface area contributed by atoms with Crippen LogP contribution in [0, 0.1) is 13.8 Å². The first-order valence-electron chi connectivity index (χ1n) is 8.64. The highest BCUT2D eigenvalue weighted by molar-refractivity contribution is 5.97. The molecule has 3 rings (SSSR count). The van der Waals surface area contributed by atoms with E-state index in [1.54, 1.807) is 33.9 Å². The molecule has 6 nitrogen and oxygen atoms in total. The van der Waals surface area contributed by atoms with Crippen LogP contribution in [0.2, 0.25) is 0 Å². The molecule has 0 aliphatic heterocycles. The first-order chi connectivity index (χ1) is 12.9. The monoisotopic (exact) mass is 366 g/mol. The van der Waals surface area contributed by atoms with Crippen LogP contribution >= 0.6 is 0 Å². The molecule has 1 aromatic heterocycles. The van der Waals surface area contributed by atoms with E-state index in [1.165, 1.54) is 0 Å². The standard InChI is InChI=1S/C21H22N2O4/c1-12-9-19(14(3)27-12)21(25)23-22-20(24)13(2)15-5-6-17-11-18(26-4)8-7-16(17)10-15/h5-11,13H,1-4H3,(H,22,24)(H,23,25). The van der Waals surface area contributed by atoms with Gasteiger partial charge in [-0.1, -0.05) is 24.3 Å². The summed E-state index contributed by atoms with van der Waals surface area (Å²) in [6.45, 7) is 5.26. The third-order valence-corrected chi connectivity index (χ3v) is 4.55. The van der Waals surface area contributed by atoms with Crippen LogP contribution in [0.25, 0.3) is 10.8 Å². The number of nitrogens with one attached hydrogen (secondary N) is 2. The molecule has 1 heterocycles. The van der Waals surface area contributed by atoms with Crippen molar-refractivity contribution >= 4 is 22.6 Å². The lowest BCUT2D eigenvalue weighted by Gasteiger charge is -2.14. The molecule has 3 aromatic rings. The summed E-state index contributed by atoms with van der Waals surface area (Å²) in [7, 11) is 1.63. The van der Waals surface area contributed by atoms with E-state index in [1.807, 2.05) is 36.4 Å². The van der Waals surface area contributed by atoms with Gasteiger partial charge in [-0.15, -0.1) is 0 Å². The minimum Gasteiger partial charge on any atom is -0.497 e. The van der Waals surface area contributed by atoms with Crippen LogP contribution in [-0.2, 0) is 4.79 Å². The largest absolute Gasteiger partial charge is 0.497 e. The summed E-state index contributed by atoms with van der Waals surface area (Å²) >= 11 is 0. The Morgan fingerprint density at radius 3 is 2.37 bits per heavy atom. The lowest BCUT2D eigenvalue weighted by atomic mass is 9.97. The molecule has 6 heteroatoms. The number of hydrazine groups is 1. The summed E-state index contributed by atoms with van der Waals surface area (Å²) in [6, 6.07) is 13.2. The van der Waals surface area contributed by atoms with Crippen LogP contribution in [-0.4, -0.2) is 18.9 Å². The molecule has 0 saturated heterocycles. The van der Waals surface area contributed by atoms with Crippen molar-refractivity contribution in [1.29, 1.82) is 0 Å². The zero-order valence-electron chi connectivity index (χ0n) is 15.8. The number of carbonyl (C=O) groups is 2. The number of rotatable bonds is 4. The predicted octanol–water partition coefficient (Wildman–Crippen LogP) is 3.62. The third kappa shape index (κ3) is 3.95. The van der Waals surface area contributed by atoms with Crippen molar-refractivity contribution in [3.8, 4) is 5.75 Å². The summed E-state index contributed by atoms with van der Waals surface area (Å²) < 4.78 is 10.6. The van der Waals surface area contributed by atoms with Crippen molar-refractivity contribution in [3.05, 3.63) is 65.1 Å². The second kappa shape index (κ2) is 7.53. The maximum Gasteiger partial charge on any atom is 0.273 e. The molecular formula is C21H22N2O4. The number of ether oxygens (including phenoxy) is 1. The Morgan fingerprint density at radius 1 is 1.00 bits per heavy atom. The molecule has 0 aliphatic rings. The summed E-state index contributed by atoms with van der Waals surface area (Å²) in [5.41, 5.74) is 6.18. The quantitative estimate of drug-likeness (QED) is 0.691. The van der Waals surface area contributed by atoms with Gasteiger partial charge in [0.2, 0.25) is 5.91 Å². The summed E-state index contributed by atoms with van der Waals surface area (Å²) in [4.78, 5) is 24.6. The Labute approximate surface area is 157 Å². The SMILES string of the molecule is COc1ccc2cc(C(C)C(=O)NNC(=O)c3cc(C)oc3C)ccc2c1. The van der Waals surface area contributed by atoms with Crippen LogP contribution in [0.15, 0.2) is 46.9 Å². The van der Waals surface area contributed by atoms with Crippen molar-refractivity contribution < 1.29 is 18.7 Å². The molecule has 0 saturated carbocycles. The van der Waals surface area contributed by atoms with Gasteiger partial charge in [0.1, 0.15) is 17.3 Å². The number of amides is 2. The van der Waals surface area contributed by atoms with Gasteiger partial charge < -0.3 is 9.15 Å². The van der Waals surface area contributed by atoms with E-state index >= 15 is 0 Å². The molecule has 0 bridgehead atoms. The van der Waals surface area contributed by atoms with Gasteiger partial charge in [-0.2, -0.15) is 0 Å². The topological polar surface area (TPSA) is 80.6 Å². The first-order valence-corrected chi connectivity index (χ1v) is 8.64. The second-order valence-corrected chi connectivity index (χ2v) is 6.46. The number of carbonyl (C=O) groups excluding carboxylic acids is 2. The second-order valence-electron chi connectivity index (χ2n) is 6.46. The van der Waals surface area contributed by atoms with E-state index in [4.69, 9.17) is 9.15 Å². The summed E-state index contributed by atoms with van der Waals surface area (Å²) in [5, 5.41) is 2.05. The Kier molecular flexibility index (Phi) is 5.16. The Morgan fingerprint density at radius 2 is 1.70 bits per heavy atom. The van der Waals surface area contributed by atoms with E-state index < -0.39 is 11.8 Å². The highest BCUT2D eigenvalue weighted by atomic mass is 16.5. The zero-order valence-corrected chi connectivity index (χ0v) is 15.8. The maximum atomic E-state index is 12.4. The lowest BCUT2D eigenvalue weighted by molar-refractivity contribution is -0.123. The average molecular weight is 366 g/mol. The molecule has 0 aliphatic carbocycles. The van der Waals surface area contributed by atoms with Gasteiger partial charge in [0.15, 0.2) is 0 Å². The molecule has 27 heavy (non-hydrogen) atoms. The molecule has 1 atom stereocenters. The van der Waals surface area contributed by atoms with Gasteiger partial charge in [-0.3, -0.25) is 20.4 Å². The van der Waals surface area contributed by atoms with Crippen molar-refractivity contribution in [2.45, 2.75) is 26.7 Å². The van der Waals surface area contributed by atoms with Crippen molar-refractivity contribution in [1.82, 2.24) is 10.9 Å². The number of hydrogen-bond acceptors (Lipinski definition) is 4. The van der Waals surface area contributed by atoms with E-state index in [2.05, 4.69) is 10.9 Å². The summed E-state index contributed by atoms with van der Waals surface area (Å²) in [6.07, 6.45) is 0. The molecule has 2 amide bonds. The van der Waals surface area contributed by atoms with Gasteiger partial charge in [0, 0.05) is 0 Å². The van der Waals surface area contributed by atoms with Crippen molar-refractivity contribution in [2.75, 3.05) is 7.11 Å². The number of benzene rings is 2. The van der Waals surface area contributed by atoms with Crippen LogP contribution < -0.4 is 15.6 Å². The van der Waals surface area contributed by atoms with Crippen molar-refractivity contribution in [2.24, 2.45) is 0 Å². The third-order valence-electron chi connectivity index (χ3n) is 4.55. The number of aryl methyl sites for hydroxylation is 2. The molecule has 2 N–H and O–H groups in total. The number of hydrogen-bond donors (Lipinski definition) is 2. The van der Waals surface area contributed by atoms with Crippen molar-refractivity contribution in [3.63, 3.8) is 0 Å². The Hall–Kier alpha value is -3.28. The minimum absolute atomic E-state index is 0.297. The van der Waals surface area contributed by atoms with Gasteiger partial charge in [-0.05, 0) is 55.3 Å². The van der Waals surface area contributed by atoms with Gasteiger partial charge in [0.05, 0.1) is 18.6 Å². The van der Waals surface area contributed by atoms with Crippen LogP contribution in [0.5, 0.6) is 5.75 Å². The lowest BCUT2D eigenvalue weighted by Crippen LogP contribution is -2.43. The van der Waals surface area contributed by atoms with E-state index in [0.717, 1.165) is 22.1 Å². The predicted molar refractivity (Wildman–Crippen MR) is 103 cm³/mol. The molecular weight excluding hydrogens is 344 g/mol. The highest BCUT2D eigenvalue weighted by Gasteiger charge is 2.18. The Balaban J connectivity index is 1.68. The zero-order chi connectivity index (χ0) is 19.6. The molecule has 0 fully saturated rings. The molecule has 140 valence electrons. The Bertz CT molecular complexity index is 1010. The number of furan rings is 1. The van der Waals surface area contributed by atoms with Crippen LogP contribution in [0.4, 0.5) is 0 Å². The van der Waals surface area contributed by atoms with Gasteiger partial charge >= 0.3 is 0 Å². The fourth-order valence-corrected chi connectivity index (χ4v) is 2.94. The fraction of sp³-hybridized carbons (Fsp3) is 0.238. The van der Waals surface area contributed by atoms with Crippen LogP contribution in [0.1, 0.15) is 40.3 Å². The molecule has 0 spiro atoms.